The van der Waals surface area contributed by atoms with Crippen LogP contribution in [-0.2, 0) is 0 Å². The normalized spacial score (nSPS) is 10.5. The number of benzene rings is 1. The fourth-order valence-corrected chi connectivity index (χ4v) is 1.66. The zero-order valence-electron chi connectivity index (χ0n) is 10.9. The average molecular weight is 302 g/mol. The first kappa shape index (κ1) is 13.7. The van der Waals surface area contributed by atoms with Gasteiger partial charge in [0.1, 0.15) is 12.7 Å². The lowest BCUT2D eigenvalue weighted by Crippen LogP contribution is -2.15. The minimum Gasteiger partial charge on any atom is -0.320 e. The lowest BCUT2D eigenvalue weighted by molar-refractivity contribution is 0.102. The summed E-state index contributed by atoms with van der Waals surface area (Å²) in [4.78, 5) is 15.7. The lowest BCUT2D eigenvalue weighted by Gasteiger charge is -2.05. The molecule has 0 aliphatic rings. The summed E-state index contributed by atoms with van der Waals surface area (Å²) >= 11 is 0. The van der Waals surface area contributed by atoms with Gasteiger partial charge in [0.05, 0.1) is 0 Å². The quantitative estimate of drug-likeness (QED) is 0.794. The van der Waals surface area contributed by atoms with Crippen molar-refractivity contribution in [1.29, 1.82) is 0 Å². The second-order valence-electron chi connectivity index (χ2n) is 4.20. The largest absolute Gasteiger partial charge is 0.320 e. The van der Waals surface area contributed by atoms with Gasteiger partial charge in [-0.25, -0.2) is 18.4 Å². The van der Waals surface area contributed by atoms with Crippen LogP contribution < -0.4 is 5.32 Å². The van der Waals surface area contributed by atoms with Gasteiger partial charge in [0, 0.05) is 11.8 Å². The molecule has 2 aromatic heterocycles. The van der Waals surface area contributed by atoms with E-state index in [1.807, 2.05) is 0 Å². The van der Waals surface area contributed by atoms with Gasteiger partial charge >= 0.3 is 0 Å². The van der Waals surface area contributed by atoms with E-state index in [1.54, 1.807) is 0 Å². The lowest BCUT2D eigenvalue weighted by atomic mass is 10.3. The highest BCUT2D eigenvalue weighted by Gasteiger charge is 2.11. The fourth-order valence-electron chi connectivity index (χ4n) is 1.66. The van der Waals surface area contributed by atoms with Crippen LogP contribution >= 0.6 is 0 Å². The summed E-state index contributed by atoms with van der Waals surface area (Å²) in [6.45, 7) is 0. The van der Waals surface area contributed by atoms with Crippen LogP contribution in [0.4, 0.5) is 14.5 Å². The van der Waals surface area contributed by atoms with Gasteiger partial charge in [-0.15, -0.1) is 10.2 Å². The van der Waals surface area contributed by atoms with E-state index in [-0.39, 0.29) is 11.4 Å². The molecule has 0 saturated heterocycles. The summed E-state index contributed by atoms with van der Waals surface area (Å²) in [5.74, 6) is -2.24. The summed E-state index contributed by atoms with van der Waals surface area (Å²) in [5, 5.41) is 13.9. The van der Waals surface area contributed by atoms with Crippen molar-refractivity contribution in [2.45, 2.75) is 0 Å². The number of hydrogen-bond donors (Lipinski definition) is 1. The first-order valence-corrected chi connectivity index (χ1v) is 6.08. The molecule has 0 fully saturated rings. The number of nitrogens with one attached hydrogen (secondary N) is 1. The number of carbonyl (C=O) groups excluding carboxylic acids is 1. The number of anilines is 1. The third-order valence-electron chi connectivity index (χ3n) is 2.71. The van der Waals surface area contributed by atoms with Gasteiger partial charge < -0.3 is 5.32 Å². The number of halogens is 2. The van der Waals surface area contributed by atoms with Crippen LogP contribution in [0, 0.1) is 11.6 Å². The standard InChI is InChI=1S/C13H8F2N6O/c14-9-2-1-8(5-10(9)15)18-13(22)11-3-4-12(20-19-11)21-7-16-6-17-21/h1-7H,(H,18,22). The molecule has 9 heteroatoms. The summed E-state index contributed by atoms with van der Waals surface area (Å²) in [5.41, 5.74) is 0.139. The monoisotopic (exact) mass is 302 g/mol. The number of rotatable bonds is 3. The van der Waals surface area contributed by atoms with Crippen LogP contribution in [0.5, 0.6) is 0 Å². The number of hydrogen-bond acceptors (Lipinski definition) is 5. The van der Waals surface area contributed by atoms with E-state index in [0.717, 1.165) is 12.1 Å². The van der Waals surface area contributed by atoms with E-state index in [0.29, 0.717) is 5.82 Å². The summed E-state index contributed by atoms with van der Waals surface area (Å²) in [7, 11) is 0. The van der Waals surface area contributed by atoms with Crippen molar-refractivity contribution in [3.63, 3.8) is 0 Å². The van der Waals surface area contributed by atoms with Crippen LogP contribution in [0.2, 0.25) is 0 Å². The SMILES string of the molecule is O=C(Nc1ccc(F)c(F)c1)c1ccc(-n2cncn2)nn1. The predicted octanol–water partition coefficient (Wildman–Crippen LogP) is 1.59. The number of nitrogens with zero attached hydrogens (tertiary/aromatic N) is 5. The highest BCUT2D eigenvalue weighted by molar-refractivity contribution is 6.02. The maximum Gasteiger partial charge on any atom is 0.276 e. The molecule has 1 aromatic carbocycles. The van der Waals surface area contributed by atoms with Crippen LogP contribution in [0.1, 0.15) is 10.5 Å². The second kappa shape index (κ2) is 5.64. The van der Waals surface area contributed by atoms with Crippen LogP contribution in [0.3, 0.4) is 0 Å². The molecule has 110 valence electrons. The summed E-state index contributed by atoms with van der Waals surface area (Å²) in [6, 6.07) is 6.00. The van der Waals surface area contributed by atoms with Gasteiger partial charge in [-0.1, -0.05) is 0 Å². The number of aromatic nitrogens is 5. The molecule has 22 heavy (non-hydrogen) atoms. The van der Waals surface area contributed by atoms with Crippen molar-refractivity contribution in [3.8, 4) is 5.82 Å². The van der Waals surface area contributed by atoms with E-state index >= 15 is 0 Å². The third kappa shape index (κ3) is 2.77. The third-order valence-corrected chi connectivity index (χ3v) is 2.71. The van der Waals surface area contributed by atoms with Gasteiger partial charge in [0.15, 0.2) is 23.1 Å². The van der Waals surface area contributed by atoms with Crippen molar-refractivity contribution in [2.75, 3.05) is 5.32 Å². The Morgan fingerprint density at radius 3 is 2.59 bits per heavy atom. The molecule has 0 saturated carbocycles. The first-order valence-electron chi connectivity index (χ1n) is 6.08. The van der Waals surface area contributed by atoms with Gasteiger partial charge in [-0.2, -0.15) is 5.10 Å². The molecule has 0 bridgehead atoms. The molecule has 1 N–H and O–H groups in total. The minimum absolute atomic E-state index is 0.0219. The Bertz CT molecular complexity index is 804. The van der Waals surface area contributed by atoms with E-state index in [1.165, 1.54) is 35.5 Å². The van der Waals surface area contributed by atoms with Crippen LogP contribution in [0.25, 0.3) is 5.82 Å². The Morgan fingerprint density at radius 1 is 1.09 bits per heavy atom. The Morgan fingerprint density at radius 2 is 1.95 bits per heavy atom. The number of amides is 1. The molecule has 1 amide bonds. The fraction of sp³-hybridized carbons (Fsp3) is 0. The van der Waals surface area contributed by atoms with E-state index in [2.05, 4.69) is 25.6 Å². The summed E-state index contributed by atoms with van der Waals surface area (Å²) in [6.07, 6.45) is 2.77. The molecule has 0 aliphatic heterocycles. The second-order valence-corrected chi connectivity index (χ2v) is 4.20. The maximum absolute atomic E-state index is 13.1. The smallest absolute Gasteiger partial charge is 0.276 e. The van der Waals surface area contributed by atoms with Crippen molar-refractivity contribution < 1.29 is 13.6 Å². The molecule has 2 heterocycles. The van der Waals surface area contributed by atoms with Crippen LogP contribution in [-0.4, -0.2) is 30.9 Å². The Kier molecular flexibility index (Phi) is 3.52. The molecule has 0 unspecified atom stereocenters. The highest BCUT2D eigenvalue weighted by atomic mass is 19.2. The molecule has 0 atom stereocenters. The van der Waals surface area contributed by atoms with E-state index < -0.39 is 17.5 Å². The Balaban J connectivity index is 1.76. The minimum atomic E-state index is -1.05. The molecular weight excluding hydrogens is 294 g/mol. The molecule has 0 spiro atoms. The predicted molar refractivity (Wildman–Crippen MR) is 71.3 cm³/mol. The van der Waals surface area contributed by atoms with Crippen molar-refractivity contribution in [3.05, 3.63) is 60.3 Å². The van der Waals surface area contributed by atoms with E-state index in [9.17, 15) is 13.6 Å². The highest BCUT2D eigenvalue weighted by Crippen LogP contribution is 2.14. The van der Waals surface area contributed by atoms with Crippen molar-refractivity contribution in [1.82, 2.24) is 25.0 Å². The average Bonchev–Trinajstić information content (AvgIpc) is 3.05. The zero-order chi connectivity index (χ0) is 15.5. The molecule has 0 aliphatic carbocycles. The van der Waals surface area contributed by atoms with Gasteiger partial charge in [-0.3, -0.25) is 4.79 Å². The Hall–Kier alpha value is -3.23. The zero-order valence-corrected chi connectivity index (χ0v) is 10.9. The van der Waals surface area contributed by atoms with Gasteiger partial charge in [0.25, 0.3) is 5.91 Å². The maximum atomic E-state index is 13.1. The number of carbonyl (C=O) groups is 1. The first-order chi connectivity index (χ1) is 10.6. The van der Waals surface area contributed by atoms with Gasteiger partial charge in [0.2, 0.25) is 0 Å². The molecule has 7 nitrogen and oxygen atoms in total. The molecular formula is C13H8F2N6O. The molecule has 3 rings (SSSR count). The van der Waals surface area contributed by atoms with Gasteiger partial charge in [-0.05, 0) is 24.3 Å². The molecule has 0 radical (unpaired) electrons. The van der Waals surface area contributed by atoms with Crippen molar-refractivity contribution >= 4 is 11.6 Å². The van der Waals surface area contributed by atoms with Crippen LogP contribution in [0.15, 0.2) is 43.0 Å². The van der Waals surface area contributed by atoms with Crippen molar-refractivity contribution in [2.24, 2.45) is 0 Å². The van der Waals surface area contributed by atoms with E-state index in [4.69, 9.17) is 0 Å². The topological polar surface area (TPSA) is 85.6 Å². The summed E-state index contributed by atoms with van der Waals surface area (Å²) < 4.78 is 27.3. The Labute approximate surface area is 122 Å². The molecule has 3 aromatic rings.